The molecule has 1 aliphatic heterocycles. The van der Waals surface area contributed by atoms with E-state index in [4.69, 9.17) is 11.5 Å². The normalized spacial score (nSPS) is 20.7. The molecule has 0 bridgehead atoms. The van der Waals surface area contributed by atoms with E-state index in [2.05, 4.69) is 44.7 Å². The predicted molar refractivity (Wildman–Crippen MR) is 125 cm³/mol. The molecule has 0 spiro atoms. The third-order valence-corrected chi connectivity index (χ3v) is 5.42. The van der Waals surface area contributed by atoms with Crippen LogP contribution in [0.15, 0.2) is 24.3 Å². The molecule has 0 amide bonds. The van der Waals surface area contributed by atoms with Crippen LogP contribution in [0.2, 0.25) is 0 Å². The minimum absolute atomic E-state index is 0.0743. The monoisotopic (exact) mass is 426 g/mol. The molecule has 1 heterocycles. The Morgan fingerprint density at radius 2 is 1.10 bits per heavy atom. The van der Waals surface area contributed by atoms with Crippen molar-refractivity contribution in [1.82, 2.24) is 20.4 Å². The number of hydrogen-bond donors (Lipinski definition) is 6. The molecular weight excluding hydrogens is 380 g/mol. The van der Waals surface area contributed by atoms with E-state index < -0.39 is 12.2 Å². The molecule has 176 valence electrons. The zero-order valence-electron chi connectivity index (χ0n) is 19.0. The maximum absolute atomic E-state index is 10.2. The van der Waals surface area contributed by atoms with E-state index >= 15 is 0 Å². The van der Waals surface area contributed by atoms with Crippen molar-refractivity contribution >= 4 is 0 Å². The van der Waals surface area contributed by atoms with Crippen molar-refractivity contribution in [2.75, 3.05) is 52.4 Å². The molecule has 1 rings (SSSR count). The van der Waals surface area contributed by atoms with Gasteiger partial charge in [0, 0.05) is 39.3 Å². The van der Waals surface area contributed by atoms with Gasteiger partial charge in [-0.25, -0.2) is 0 Å². The average molecular weight is 427 g/mol. The highest BCUT2D eigenvalue weighted by molar-refractivity contribution is 4.90. The SMILES string of the molecule is CC(O)C(NC/C=C/CCCN)N1CCN(C(NC/C=C/CCCN)C(C)O)CC1. The van der Waals surface area contributed by atoms with E-state index in [9.17, 15) is 10.2 Å². The molecule has 8 N–H and O–H groups in total. The molecule has 4 atom stereocenters. The van der Waals surface area contributed by atoms with Crippen LogP contribution >= 0.6 is 0 Å². The molecule has 1 aliphatic rings. The summed E-state index contributed by atoms with van der Waals surface area (Å²) in [6.07, 6.45) is 11.4. The Kier molecular flexibility index (Phi) is 15.2. The number of piperazine rings is 1. The van der Waals surface area contributed by atoms with E-state index in [-0.39, 0.29) is 12.3 Å². The van der Waals surface area contributed by atoms with Crippen LogP contribution in [-0.4, -0.2) is 96.9 Å². The molecule has 8 heteroatoms. The van der Waals surface area contributed by atoms with Crippen molar-refractivity contribution in [3.63, 3.8) is 0 Å². The Labute approximate surface area is 183 Å². The van der Waals surface area contributed by atoms with Gasteiger partial charge < -0.3 is 21.7 Å². The zero-order valence-corrected chi connectivity index (χ0v) is 19.0. The summed E-state index contributed by atoms with van der Waals surface area (Å²) < 4.78 is 0. The highest BCUT2D eigenvalue weighted by Crippen LogP contribution is 2.12. The number of rotatable bonds is 16. The lowest BCUT2D eigenvalue weighted by atomic mass is 10.2. The second-order valence-electron chi connectivity index (χ2n) is 8.06. The molecule has 1 saturated heterocycles. The number of allylic oxidation sites excluding steroid dienone is 2. The molecule has 1 fully saturated rings. The fourth-order valence-corrected chi connectivity index (χ4v) is 3.75. The first-order valence-electron chi connectivity index (χ1n) is 11.5. The van der Waals surface area contributed by atoms with Gasteiger partial charge in [-0.15, -0.1) is 0 Å². The number of hydrogen-bond acceptors (Lipinski definition) is 8. The molecule has 0 radical (unpaired) electrons. The maximum Gasteiger partial charge on any atom is 0.0865 e. The van der Waals surface area contributed by atoms with Crippen LogP contribution in [0.5, 0.6) is 0 Å². The van der Waals surface area contributed by atoms with Crippen LogP contribution in [0.4, 0.5) is 0 Å². The number of aliphatic hydroxyl groups is 2. The number of unbranched alkanes of at least 4 members (excludes halogenated alkanes) is 2. The van der Waals surface area contributed by atoms with E-state index in [1.165, 1.54) is 0 Å². The molecule has 0 saturated carbocycles. The number of nitrogens with one attached hydrogen (secondary N) is 2. The fraction of sp³-hybridized carbons (Fsp3) is 0.818. The first-order valence-corrected chi connectivity index (χ1v) is 11.5. The largest absolute Gasteiger partial charge is 0.390 e. The van der Waals surface area contributed by atoms with E-state index in [0.29, 0.717) is 13.1 Å². The Balaban J connectivity index is 2.46. The van der Waals surface area contributed by atoms with Crippen LogP contribution in [0.1, 0.15) is 39.5 Å². The second-order valence-corrected chi connectivity index (χ2v) is 8.06. The molecule has 30 heavy (non-hydrogen) atoms. The van der Waals surface area contributed by atoms with Crippen LogP contribution in [0, 0.1) is 0 Å². The van der Waals surface area contributed by atoms with Gasteiger partial charge in [0.25, 0.3) is 0 Å². The van der Waals surface area contributed by atoms with Gasteiger partial charge in [0.05, 0.1) is 24.5 Å². The smallest absolute Gasteiger partial charge is 0.0865 e. The topological polar surface area (TPSA) is 123 Å². The van der Waals surface area contributed by atoms with E-state index in [1.54, 1.807) is 0 Å². The molecular formula is C22H46N6O2. The van der Waals surface area contributed by atoms with E-state index in [0.717, 1.165) is 65.0 Å². The summed E-state index contributed by atoms with van der Waals surface area (Å²) in [5, 5.41) is 27.4. The van der Waals surface area contributed by atoms with Crippen molar-refractivity contribution in [2.45, 2.75) is 64.1 Å². The lowest BCUT2D eigenvalue weighted by Gasteiger charge is -2.44. The van der Waals surface area contributed by atoms with Gasteiger partial charge in [-0.05, 0) is 52.6 Å². The number of nitrogens with two attached hydrogens (primary N) is 2. The number of nitrogens with zero attached hydrogens (tertiary/aromatic N) is 2. The predicted octanol–water partition coefficient (Wildman–Crippen LogP) is -0.213. The zero-order chi connectivity index (χ0) is 22.2. The van der Waals surface area contributed by atoms with Gasteiger partial charge in [-0.1, -0.05) is 24.3 Å². The van der Waals surface area contributed by atoms with Crippen LogP contribution in [0.25, 0.3) is 0 Å². The minimum Gasteiger partial charge on any atom is -0.390 e. The molecule has 8 nitrogen and oxygen atoms in total. The summed E-state index contributed by atoms with van der Waals surface area (Å²) in [6, 6.07) is 0. The van der Waals surface area contributed by atoms with Gasteiger partial charge in [-0.2, -0.15) is 0 Å². The van der Waals surface area contributed by atoms with Crippen LogP contribution in [-0.2, 0) is 0 Å². The van der Waals surface area contributed by atoms with Gasteiger partial charge in [0.15, 0.2) is 0 Å². The van der Waals surface area contributed by atoms with Crippen molar-refractivity contribution in [3.05, 3.63) is 24.3 Å². The third kappa shape index (κ3) is 11.0. The van der Waals surface area contributed by atoms with Crippen molar-refractivity contribution in [1.29, 1.82) is 0 Å². The maximum atomic E-state index is 10.2. The first kappa shape index (κ1) is 27.2. The van der Waals surface area contributed by atoms with Crippen molar-refractivity contribution in [2.24, 2.45) is 11.5 Å². The quantitative estimate of drug-likeness (QED) is 0.148. The highest BCUT2D eigenvalue weighted by atomic mass is 16.3. The average Bonchev–Trinajstić information content (AvgIpc) is 2.72. The Morgan fingerprint density at radius 3 is 1.40 bits per heavy atom. The summed E-state index contributed by atoms with van der Waals surface area (Å²) in [7, 11) is 0. The van der Waals surface area contributed by atoms with Crippen LogP contribution < -0.4 is 22.1 Å². The Hall–Kier alpha value is -0.840. The summed E-state index contributed by atoms with van der Waals surface area (Å²) in [4.78, 5) is 4.58. The standard InChI is InChI=1S/C22H46N6O2/c1-19(29)21(25-13-9-5-3-7-11-23)27-15-17-28(18-16-27)22(20(2)30)26-14-10-6-4-8-12-24/h5-6,9-10,19-22,25-26,29-30H,3-4,7-8,11-18,23-24H2,1-2H3/b9-5+,10-6+. The lowest BCUT2D eigenvalue weighted by molar-refractivity contribution is -0.0238. The summed E-state index contributed by atoms with van der Waals surface area (Å²) in [5.41, 5.74) is 11.0. The molecule has 0 aromatic rings. The van der Waals surface area contributed by atoms with Gasteiger partial charge in [0.2, 0.25) is 0 Å². The van der Waals surface area contributed by atoms with Crippen molar-refractivity contribution in [3.8, 4) is 0 Å². The minimum atomic E-state index is -0.460. The fourth-order valence-electron chi connectivity index (χ4n) is 3.75. The third-order valence-electron chi connectivity index (χ3n) is 5.42. The molecule has 0 aliphatic carbocycles. The lowest BCUT2D eigenvalue weighted by Crippen LogP contribution is -2.63. The summed E-state index contributed by atoms with van der Waals surface area (Å²) in [5.74, 6) is 0. The highest BCUT2D eigenvalue weighted by Gasteiger charge is 2.30. The number of aliphatic hydroxyl groups excluding tert-OH is 2. The second kappa shape index (κ2) is 16.8. The molecule has 4 unspecified atom stereocenters. The summed E-state index contributed by atoms with van der Waals surface area (Å²) in [6.45, 7) is 9.93. The van der Waals surface area contributed by atoms with Gasteiger partial charge in [-0.3, -0.25) is 20.4 Å². The Bertz CT molecular complexity index is 423. The Morgan fingerprint density at radius 1 is 0.733 bits per heavy atom. The van der Waals surface area contributed by atoms with Crippen molar-refractivity contribution < 1.29 is 10.2 Å². The van der Waals surface area contributed by atoms with Gasteiger partial charge >= 0.3 is 0 Å². The van der Waals surface area contributed by atoms with E-state index in [1.807, 2.05) is 13.8 Å². The molecule has 0 aromatic carbocycles. The molecule has 0 aromatic heterocycles. The first-order chi connectivity index (χ1) is 14.5. The summed E-state index contributed by atoms with van der Waals surface area (Å²) >= 11 is 0. The van der Waals surface area contributed by atoms with Crippen LogP contribution in [0.3, 0.4) is 0 Å². The van der Waals surface area contributed by atoms with Gasteiger partial charge in [0.1, 0.15) is 0 Å².